The summed E-state index contributed by atoms with van der Waals surface area (Å²) in [7, 11) is 0. The normalized spacial score (nSPS) is 15.0. The Bertz CT molecular complexity index is 890. The van der Waals surface area contributed by atoms with Gasteiger partial charge in [0, 0.05) is 51.0 Å². The Morgan fingerprint density at radius 1 is 0.571 bits per heavy atom. The maximum atomic E-state index is 11.9. The van der Waals surface area contributed by atoms with E-state index < -0.39 is 17.8 Å². The third-order valence-electron chi connectivity index (χ3n) is 5.77. The zero-order chi connectivity index (χ0) is 30.4. The molecular weight excluding hydrogens is 560 g/mol. The summed E-state index contributed by atoms with van der Waals surface area (Å²) >= 11 is 0. The smallest absolute Gasteiger partial charge is 0.335 e. The molecule has 0 N–H and O–H groups in total. The van der Waals surface area contributed by atoms with Crippen LogP contribution in [0.2, 0.25) is 0 Å². The summed E-state index contributed by atoms with van der Waals surface area (Å²) in [6, 6.07) is 0. The van der Waals surface area contributed by atoms with Gasteiger partial charge in [0.05, 0.1) is 79.1 Å². The van der Waals surface area contributed by atoms with E-state index in [1.165, 1.54) is 12.2 Å². The molecule has 0 aromatic heterocycles. The molecule has 4 amide bonds. The van der Waals surface area contributed by atoms with Gasteiger partial charge in [0.2, 0.25) is 0 Å². The maximum absolute atomic E-state index is 11.9. The molecule has 2 rings (SSSR count). The quantitative estimate of drug-likeness (QED) is 0.0940. The first kappa shape index (κ1) is 35.1. The number of rotatable bonds is 26. The van der Waals surface area contributed by atoms with Crippen molar-refractivity contribution in [2.45, 2.75) is 38.5 Å². The highest BCUT2D eigenvalue weighted by Gasteiger charge is 2.32. The number of ketones is 1. The van der Waals surface area contributed by atoms with E-state index in [2.05, 4.69) is 0 Å². The van der Waals surface area contributed by atoms with Gasteiger partial charge in [0.1, 0.15) is 5.78 Å². The van der Waals surface area contributed by atoms with Crippen molar-refractivity contribution in [2.24, 2.45) is 0 Å². The number of hydroxylamine groups is 2. The monoisotopic (exact) mass is 600 g/mol. The molecule has 1 saturated heterocycles. The van der Waals surface area contributed by atoms with E-state index >= 15 is 0 Å². The average molecular weight is 601 g/mol. The molecule has 2 heterocycles. The lowest BCUT2D eigenvalue weighted by Crippen LogP contribution is -2.32. The van der Waals surface area contributed by atoms with Crippen LogP contribution in [-0.4, -0.2) is 131 Å². The summed E-state index contributed by atoms with van der Waals surface area (Å²) in [6.07, 6.45) is 3.46. The van der Waals surface area contributed by atoms with Crippen molar-refractivity contribution in [3.05, 3.63) is 12.2 Å². The second kappa shape index (κ2) is 21.6. The molecule has 2 aliphatic rings. The Labute approximate surface area is 244 Å². The highest BCUT2D eigenvalue weighted by Crippen LogP contribution is 2.12. The second-order valence-corrected chi connectivity index (χ2v) is 9.02. The Kier molecular flexibility index (Phi) is 18.1. The van der Waals surface area contributed by atoms with E-state index in [1.807, 2.05) is 0 Å². The predicted molar refractivity (Wildman–Crippen MR) is 141 cm³/mol. The molecule has 15 nitrogen and oxygen atoms in total. The van der Waals surface area contributed by atoms with Crippen LogP contribution in [0.25, 0.3) is 0 Å². The van der Waals surface area contributed by atoms with Crippen molar-refractivity contribution in [1.29, 1.82) is 0 Å². The SMILES string of the molecule is O=C(CCCOCCOCCOCCOCCOCCOCCC(=O)ON1C(=O)CCC1=O)CCN1C(=O)C=CC1=O. The van der Waals surface area contributed by atoms with Crippen LogP contribution in [0.3, 0.4) is 0 Å². The van der Waals surface area contributed by atoms with Crippen LogP contribution in [0.4, 0.5) is 0 Å². The summed E-state index contributed by atoms with van der Waals surface area (Å²) in [5.41, 5.74) is 0. The van der Waals surface area contributed by atoms with Gasteiger partial charge in [0.15, 0.2) is 0 Å². The Morgan fingerprint density at radius 3 is 1.48 bits per heavy atom. The van der Waals surface area contributed by atoms with Crippen LogP contribution < -0.4 is 0 Å². The van der Waals surface area contributed by atoms with Gasteiger partial charge in [-0.05, 0) is 6.42 Å². The summed E-state index contributed by atoms with van der Waals surface area (Å²) in [5, 5.41) is 0.508. The fourth-order valence-corrected chi connectivity index (χ4v) is 3.55. The summed E-state index contributed by atoms with van der Waals surface area (Å²) < 4.78 is 32.2. The van der Waals surface area contributed by atoms with Crippen LogP contribution >= 0.6 is 0 Å². The van der Waals surface area contributed by atoms with Crippen LogP contribution in [-0.2, 0) is 62.0 Å². The number of nitrogens with zero attached hydrogens (tertiary/aromatic N) is 2. The number of carbonyl (C=O) groups is 6. The highest BCUT2D eigenvalue weighted by atomic mass is 16.7. The first-order valence-corrected chi connectivity index (χ1v) is 14.0. The molecule has 15 heteroatoms. The maximum Gasteiger partial charge on any atom is 0.335 e. The molecule has 2 aliphatic heterocycles. The number of hydrogen-bond acceptors (Lipinski definition) is 13. The van der Waals surface area contributed by atoms with Gasteiger partial charge < -0.3 is 33.3 Å². The van der Waals surface area contributed by atoms with E-state index in [1.54, 1.807) is 0 Å². The van der Waals surface area contributed by atoms with E-state index in [0.29, 0.717) is 84.0 Å². The van der Waals surface area contributed by atoms with Crippen molar-refractivity contribution in [1.82, 2.24) is 9.96 Å². The van der Waals surface area contributed by atoms with Gasteiger partial charge in [-0.2, -0.15) is 0 Å². The van der Waals surface area contributed by atoms with Crippen molar-refractivity contribution in [3.63, 3.8) is 0 Å². The lowest BCUT2D eigenvalue weighted by Gasteiger charge is -2.12. The van der Waals surface area contributed by atoms with E-state index in [-0.39, 0.29) is 63.0 Å². The topological polar surface area (TPSA) is 174 Å². The molecule has 0 spiro atoms. The number of Topliss-reactive ketones (excluding diaryl/α,β-unsaturated/α-hetero) is 1. The van der Waals surface area contributed by atoms with Crippen LogP contribution in [0.15, 0.2) is 12.2 Å². The molecule has 0 aromatic carbocycles. The molecule has 236 valence electrons. The zero-order valence-corrected chi connectivity index (χ0v) is 23.8. The molecule has 42 heavy (non-hydrogen) atoms. The molecule has 0 unspecified atom stereocenters. The van der Waals surface area contributed by atoms with Crippen molar-refractivity contribution >= 4 is 35.4 Å². The van der Waals surface area contributed by atoms with Crippen molar-refractivity contribution < 1.29 is 62.0 Å². The highest BCUT2D eigenvalue weighted by molar-refractivity contribution is 6.13. The van der Waals surface area contributed by atoms with Crippen LogP contribution in [0.5, 0.6) is 0 Å². The molecule has 0 aliphatic carbocycles. The first-order valence-electron chi connectivity index (χ1n) is 14.0. The van der Waals surface area contributed by atoms with E-state index in [4.69, 9.17) is 33.3 Å². The van der Waals surface area contributed by atoms with Crippen LogP contribution in [0.1, 0.15) is 38.5 Å². The largest absolute Gasteiger partial charge is 0.379 e. The molecule has 1 fully saturated rings. The average Bonchev–Trinajstić information content (AvgIpc) is 3.46. The Balaban J connectivity index is 1.23. The van der Waals surface area contributed by atoms with Gasteiger partial charge in [-0.15, -0.1) is 5.06 Å². The third kappa shape index (κ3) is 15.2. The zero-order valence-electron chi connectivity index (χ0n) is 23.8. The van der Waals surface area contributed by atoms with Crippen LogP contribution in [0, 0.1) is 0 Å². The molecular formula is C27H40N2O13. The van der Waals surface area contributed by atoms with Crippen molar-refractivity contribution in [3.8, 4) is 0 Å². The molecule has 0 radical (unpaired) electrons. The van der Waals surface area contributed by atoms with Gasteiger partial charge in [0.25, 0.3) is 23.6 Å². The van der Waals surface area contributed by atoms with Crippen molar-refractivity contribution in [2.75, 3.05) is 85.8 Å². The number of amides is 4. The number of hydrogen-bond donors (Lipinski definition) is 0. The van der Waals surface area contributed by atoms with Gasteiger partial charge in [-0.3, -0.25) is 28.9 Å². The fourth-order valence-electron chi connectivity index (χ4n) is 3.55. The number of imide groups is 2. The minimum atomic E-state index is -0.710. The minimum Gasteiger partial charge on any atom is -0.379 e. The Hall–Kier alpha value is -3.08. The standard InChI is InChI=1S/C27H40N2O13/c30-22(7-9-28-23(31)3-4-24(28)32)2-1-10-36-12-14-38-16-18-40-20-21-41-19-17-39-15-13-37-11-8-27(35)42-29-25(33)5-6-26(29)34/h3-4H,1-2,5-21H2. The molecule has 0 saturated carbocycles. The molecule has 0 bridgehead atoms. The first-order chi connectivity index (χ1) is 20.4. The molecule has 0 atom stereocenters. The lowest BCUT2D eigenvalue weighted by molar-refractivity contribution is -0.198. The lowest BCUT2D eigenvalue weighted by atomic mass is 10.1. The van der Waals surface area contributed by atoms with Gasteiger partial charge in [-0.1, -0.05) is 0 Å². The second-order valence-electron chi connectivity index (χ2n) is 9.02. The van der Waals surface area contributed by atoms with E-state index in [9.17, 15) is 28.8 Å². The van der Waals surface area contributed by atoms with E-state index in [0.717, 1.165) is 4.90 Å². The predicted octanol–water partition coefficient (Wildman–Crippen LogP) is -0.252. The molecule has 0 aromatic rings. The third-order valence-corrected chi connectivity index (χ3v) is 5.77. The summed E-state index contributed by atoms with van der Waals surface area (Å²) in [4.78, 5) is 74.9. The fraction of sp³-hybridized carbons (Fsp3) is 0.704. The summed E-state index contributed by atoms with van der Waals surface area (Å²) in [6.45, 7) is 4.45. The van der Waals surface area contributed by atoms with Gasteiger partial charge in [-0.25, -0.2) is 4.79 Å². The number of carbonyl (C=O) groups excluding carboxylic acids is 6. The minimum absolute atomic E-state index is 0.0191. The Morgan fingerprint density at radius 2 is 1.00 bits per heavy atom. The summed E-state index contributed by atoms with van der Waals surface area (Å²) in [5.74, 6) is -2.53. The van der Waals surface area contributed by atoms with Gasteiger partial charge >= 0.3 is 5.97 Å². The number of ether oxygens (including phenoxy) is 6.